The summed E-state index contributed by atoms with van der Waals surface area (Å²) in [6.07, 6.45) is 7.86. The second-order valence-electron chi connectivity index (χ2n) is 7.68. The minimum atomic E-state index is -2.02. The summed E-state index contributed by atoms with van der Waals surface area (Å²) in [6, 6.07) is 1.64. The topological polar surface area (TPSA) is 115 Å². The molecule has 3 N–H and O–H groups in total. The van der Waals surface area contributed by atoms with Crippen molar-refractivity contribution in [3.05, 3.63) is 39.4 Å². The maximum Gasteiger partial charge on any atom is 0.322 e. The molecule has 1 aromatic rings. The summed E-state index contributed by atoms with van der Waals surface area (Å²) in [7, 11) is -0.413. The number of nitrogens with one attached hydrogen (secondary N) is 1. The molecule has 2 aliphatic carbocycles. The van der Waals surface area contributed by atoms with Gasteiger partial charge < -0.3 is 29.1 Å². The van der Waals surface area contributed by atoms with Gasteiger partial charge in [0, 0.05) is 19.2 Å². The van der Waals surface area contributed by atoms with Crippen LogP contribution in [-0.4, -0.2) is 38.3 Å². The van der Waals surface area contributed by atoms with Crippen LogP contribution in [0.1, 0.15) is 41.5 Å². The van der Waals surface area contributed by atoms with E-state index in [-0.39, 0.29) is 16.9 Å². The Morgan fingerprint density at radius 2 is 2.00 bits per heavy atom. The van der Waals surface area contributed by atoms with Crippen molar-refractivity contribution in [1.82, 2.24) is 0 Å². The highest BCUT2D eigenvalue weighted by molar-refractivity contribution is 7.80. The monoisotopic (exact) mass is 431 g/mol. The summed E-state index contributed by atoms with van der Waals surface area (Å²) in [5, 5.41) is 2.92. The lowest BCUT2D eigenvalue weighted by Gasteiger charge is -2.16. The van der Waals surface area contributed by atoms with Crippen LogP contribution in [0.4, 0.5) is 10.5 Å². The summed E-state index contributed by atoms with van der Waals surface area (Å²) in [4.78, 5) is 17.0. The minimum Gasteiger partial charge on any atom is -0.479 e. The molecule has 0 fully saturated rings. The lowest BCUT2D eigenvalue weighted by Crippen LogP contribution is -2.14. The smallest absolute Gasteiger partial charge is 0.322 e. The summed E-state index contributed by atoms with van der Waals surface area (Å²) in [6.45, 7) is 0.731. The van der Waals surface area contributed by atoms with E-state index in [1.807, 2.05) is 0 Å². The van der Waals surface area contributed by atoms with Crippen LogP contribution < -0.4 is 11.1 Å². The molecule has 2 amide bonds. The van der Waals surface area contributed by atoms with Gasteiger partial charge in [-0.15, -0.1) is 10.6 Å². The highest BCUT2D eigenvalue weighted by atomic mass is 32.2. The first-order valence-corrected chi connectivity index (χ1v) is 11.4. The number of nitrogens with zero attached hydrogens (tertiary/aromatic N) is 2. The molecule has 1 aromatic carbocycles. The molecule has 30 heavy (non-hydrogen) atoms. The molecule has 9 heteroatoms. The van der Waals surface area contributed by atoms with E-state index in [0.717, 1.165) is 50.4 Å². The van der Waals surface area contributed by atoms with Crippen LogP contribution in [0.25, 0.3) is 0 Å². The molecule has 0 saturated carbocycles. The van der Waals surface area contributed by atoms with Gasteiger partial charge in [-0.3, -0.25) is 4.99 Å². The molecule has 0 bridgehead atoms. The predicted molar refractivity (Wildman–Crippen MR) is 116 cm³/mol. The summed E-state index contributed by atoms with van der Waals surface area (Å²) < 4.78 is 27.4. The Labute approximate surface area is 178 Å². The Balaban J connectivity index is 1.55. The average molecular weight is 432 g/mol. The van der Waals surface area contributed by atoms with Gasteiger partial charge in [0.25, 0.3) is 0 Å². The van der Waals surface area contributed by atoms with Crippen molar-refractivity contribution in [2.24, 2.45) is 15.1 Å². The number of rotatable bonds is 4. The molecular formula is C21H27N4O4S-. The highest BCUT2D eigenvalue weighted by Crippen LogP contribution is 2.38. The van der Waals surface area contributed by atoms with E-state index in [1.54, 1.807) is 7.11 Å². The van der Waals surface area contributed by atoms with Gasteiger partial charge in [0.15, 0.2) is 5.90 Å². The number of amides is 2. The lowest BCUT2D eigenvalue weighted by atomic mass is 9.99. The van der Waals surface area contributed by atoms with Gasteiger partial charge in [0.2, 0.25) is 0 Å². The number of nitrogens with two attached hydrogens (primary N) is 1. The van der Waals surface area contributed by atoms with E-state index in [2.05, 4.69) is 20.7 Å². The number of urea groups is 1. The summed E-state index contributed by atoms with van der Waals surface area (Å²) in [5.74, 6) is 0.147. The van der Waals surface area contributed by atoms with Crippen LogP contribution in [0.15, 0.2) is 26.5 Å². The lowest BCUT2D eigenvalue weighted by molar-refractivity contribution is 0.0931. The first kappa shape index (κ1) is 20.9. The van der Waals surface area contributed by atoms with Crippen LogP contribution in [0.5, 0.6) is 0 Å². The third-order valence-corrected chi connectivity index (χ3v) is 6.89. The number of aryl methyl sites for hydroxylation is 2. The van der Waals surface area contributed by atoms with Crippen LogP contribution in [0, 0.1) is 0 Å². The van der Waals surface area contributed by atoms with Crippen LogP contribution in [0.3, 0.4) is 0 Å². The normalized spacial score (nSPS) is 22.0. The minimum absolute atomic E-state index is 0.0718. The maximum atomic E-state index is 12.7. The molecule has 4 rings (SSSR count). The number of anilines is 1. The molecule has 162 valence electrons. The molecule has 0 radical (unpaired) electrons. The van der Waals surface area contributed by atoms with Crippen molar-refractivity contribution < 1.29 is 18.5 Å². The van der Waals surface area contributed by atoms with E-state index in [4.69, 9.17) is 15.2 Å². The summed E-state index contributed by atoms with van der Waals surface area (Å²) >= 11 is 0. The quantitative estimate of drug-likeness (QED) is 0.711. The molecule has 0 saturated heterocycles. The zero-order valence-electron chi connectivity index (χ0n) is 17.1. The average Bonchev–Trinajstić information content (AvgIpc) is 3.33. The fourth-order valence-electron chi connectivity index (χ4n) is 4.38. The second-order valence-corrected chi connectivity index (χ2v) is 8.80. The van der Waals surface area contributed by atoms with Crippen molar-refractivity contribution >= 4 is 28.2 Å². The van der Waals surface area contributed by atoms with Crippen LogP contribution in [-0.2, 0) is 50.0 Å². The number of aliphatic imine (C=N–C) groups is 1. The standard InChI is InChI=1S/C21H27N4O4S/c1-28-15-8-9-29-20(23-12-15)18(11-22)30(27)25-21(26)24-19-16-6-2-4-13(16)10-14-5-3-7-17(14)19/h10-11,15H,2-9,12,22H2,1H3,(H,24,26)/q-1/t15-/m1/s1. The molecule has 1 heterocycles. The van der Waals surface area contributed by atoms with Crippen LogP contribution >= 0.6 is 0 Å². The summed E-state index contributed by atoms with van der Waals surface area (Å²) in [5.41, 5.74) is 11.5. The molecule has 0 aromatic heterocycles. The molecule has 0 unspecified atom stereocenters. The van der Waals surface area contributed by atoms with Gasteiger partial charge in [0.1, 0.15) is 0 Å². The van der Waals surface area contributed by atoms with Crippen molar-refractivity contribution in [3.8, 4) is 0 Å². The fraction of sp³-hybridized carbons (Fsp3) is 0.524. The highest BCUT2D eigenvalue weighted by Gasteiger charge is 2.24. The Morgan fingerprint density at radius 3 is 2.63 bits per heavy atom. The maximum absolute atomic E-state index is 12.7. The van der Waals surface area contributed by atoms with Gasteiger partial charge in [-0.25, -0.2) is 4.79 Å². The molecule has 0 spiro atoms. The first-order valence-electron chi connectivity index (χ1n) is 10.3. The predicted octanol–water partition coefficient (Wildman–Crippen LogP) is 2.98. The van der Waals surface area contributed by atoms with Crippen LogP contribution in [0.2, 0.25) is 0 Å². The number of fused-ring (bicyclic) bond motifs is 2. The number of carbonyl (C=O) groups is 1. The van der Waals surface area contributed by atoms with Gasteiger partial charge in [-0.05, 0) is 71.9 Å². The van der Waals surface area contributed by atoms with Crippen molar-refractivity contribution in [3.63, 3.8) is 0 Å². The van der Waals surface area contributed by atoms with E-state index in [9.17, 15) is 9.00 Å². The molecular weight excluding hydrogens is 404 g/mol. The van der Waals surface area contributed by atoms with E-state index >= 15 is 0 Å². The molecule has 1 atom stereocenters. The first-order chi connectivity index (χ1) is 14.6. The van der Waals surface area contributed by atoms with E-state index in [0.29, 0.717) is 19.6 Å². The number of ether oxygens (including phenoxy) is 2. The number of hydrogen-bond donors (Lipinski definition) is 2. The van der Waals surface area contributed by atoms with Crippen molar-refractivity contribution in [1.29, 1.82) is 0 Å². The molecule has 1 aliphatic heterocycles. The van der Waals surface area contributed by atoms with E-state index in [1.165, 1.54) is 22.3 Å². The number of benzene rings is 1. The number of methoxy groups -OCH3 is 1. The van der Waals surface area contributed by atoms with Gasteiger partial charge in [-0.2, -0.15) is 0 Å². The zero-order valence-corrected chi connectivity index (χ0v) is 17.9. The SMILES string of the molecule is CO[C@@H]1CCOC(C(=CN)[S-](=O)=NC(=O)Nc2c3c(cc4c2CCC4)CCC3)=NC1. The zero-order chi connectivity index (χ0) is 21.1. The van der Waals surface area contributed by atoms with Crippen molar-refractivity contribution in [2.45, 2.75) is 51.0 Å². The van der Waals surface area contributed by atoms with Gasteiger partial charge in [0.05, 0.1) is 19.3 Å². The molecule has 3 aliphatic rings. The third kappa shape index (κ3) is 4.22. The largest absolute Gasteiger partial charge is 0.479 e. The number of carbonyl (C=O) groups excluding carboxylic acids is 1. The Morgan fingerprint density at radius 1 is 1.30 bits per heavy atom. The third-order valence-electron chi connectivity index (χ3n) is 5.87. The molecule has 8 nitrogen and oxygen atoms in total. The Kier molecular flexibility index (Phi) is 6.38. The Bertz CT molecular complexity index is 963. The van der Waals surface area contributed by atoms with Gasteiger partial charge >= 0.3 is 6.03 Å². The van der Waals surface area contributed by atoms with Crippen molar-refractivity contribution in [2.75, 3.05) is 25.6 Å². The fourth-order valence-corrected chi connectivity index (χ4v) is 5.06. The van der Waals surface area contributed by atoms with E-state index < -0.39 is 16.6 Å². The number of hydrogen-bond acceptors (Lipinski definition) is 7. The van der Waals surface area contributed by atoms with Gasteiger partial charge in [-0.1, -0.05) is 6.07 Å². The Hall–Kier alpha value is -2.39. The second kappa shape index (κ2) is 9.18.